The molecule has 0 bridgehead atoms. The van der Waals surface area contributed by atoms with Gasteiger partial charge in [-0.05, 0) is 56.2 Å². The predicted octanol–water partition coefficient (Wildman–Crippen LogP) is 6.35. The van der Waals surface area contributed by atoms with Crippen molar-refractivity contribution < 1.29 is 45.0 Å². The third-order valence-electron chi connectivity index (χ3n) is 5.38. The molecule has 0 aliphatic heterocycles. The highest BCUT2D eigenvalue weighted by Crippen LogP contribution is 2.40. The van der Waals surface area contributed by atoms with Crippen LogP contribution in [0.1, 0.15) is 49.7 Å². The highest BCUT2D eigenvalue weighted by Gasteiger charge is 2.42. The molecule has 0 N–H and O–H groups in total. The Morgan fingerprint density at radius 1 is 0.906 bits per heavy atom. The van der Waals surface area contributed by atoms with E-state index in [1.807, 2.05) is 0 Å². The summed E-state index contributed by atoms with van der Waals surface area (Å²) in [6.45, 7) is 1.92. The molecule has 1 saturated carbocycles. The normalized spacial score (nSPS) is 19.0. The standard InChI is InChI=1S/C22H19F7O3/c1-2-31-21(30)12-5-3-11(4-6-12)13-7-15(23)19(16(24)8-13)22(28,29)32-14-9-17(25)20(27)18(26)10-14/h7-12H,2-6H2,1H3. The van der Waals surface area contributed by atoms with Crippen molar-refractivity contribution in [3.63, 3.8) is 0 Å². The summed E-state index contributed by atoms with van der Waals surface area (Å²) in [6.07, 6.45) is -2.97. The number of alkyl halides is 2. The Balaban J connectivity index is 1.79. The van der Waals surface area contributed by atoms with Crippen LogP contribution < -0.4 is 4.74 Å². The summed E-state index contributed by atoms with van der Waals surface area (Å²) in [6, 6.07) is 1.77. The molecule has 0 unspecified atom stereocenters. The highest BCUT2D eigenvalue weighted by molar-refractivity contribution is 5.72. The SMILES string of the molecule is CCOC(=O)C1CCC(c2cc(F)c(C(F)(F)Oc3cc(F)c(F)c(F)c3)c(F)c2)CC1. The van der Waals surface area contributed by atoms with Gasteiger partial charge in [0.1, 0.15) is 22.9 Å². The maximum Gasteiger partial charge on any atom is 0.432 e. The lowest BCUT2D eigenvalue weighted by Crippen LogP contribution is -2.26. The van der Waals surface area contributed by atoms with Crippen molar-refractivity contribution in [2.45, 2.75) is 44.6 Å². The highest BCUT2D eigenvalue weighted by atomic mass is 19.3. The van der Waals surface area contributed by atoms with Crippen LogP contribution in [-0.2, 0) is 15.6 Å². The van der Waals surface area contributed by atoms with Crippen LogP contribution >= 0.6 is 0 Å². The fraction of sp³-hybridized carbons (Fsp3) is 0.409. The van der Waals surface area contributed by atoms with Crippen LogP contribution in [0.4, 0.5) is 30.7 Å². The monoisotopic (exact) mass is 464 g/mol. The quantitative estimate of drug-likeness (QED) is 0.284. The van der Waals surface area contributed by atoms with E-state index in [-0.39, 0.29) is 42.1 Å². The molecule has 10 heteroatoms. The van der Waals surface area contributed by atoms with Gasteiger partial charge in [-0.2, -0.15) is 8.78 Å². The van der Waals surface area contributed by atoms with Crippen molar-refractivity contribution in [3.8, 4) is 5.75 Å². The predicted molar refractivity (Wildman–Crippen MR) is 98.5 cm³/mol. The van der Waals surface area contributed by atoms with Crippen molar-refractivity contribution in [1.29, 1.82) is 0 Å². The van der Waals surface area contributed by atoms with E-state index < -0.39 is 46.5 Å². The summed E-state index contributed by atoms with van der Waals surface area (Å²) in [7, 11) is 0. The van der Waals surface area contributed by atoms with Crippen molar-refractivity contribution in [1.82, 2.24) is 0 Å². The maximum absolute atomic E-state index is 14.5. The minimum absolute atomic E-state index is 0.137. The molecule has 0 aromatic heterocycles. The molecule has 3 nitrogen and oxygen atoms in total. The number of rotatable bonds is 6. The third-order valence-corrected chi connectivity index (χ3v) is 5.38. The maximum atomic E-state index is 14.5. The zero-order chi connectivity index (χ0) is 23.6. The molecule has 0 heterocycles. The van der Waals surface area contributed by atoms with E-state index >= 15 is 0 Å². The largest absolute Gasteiger partial charge is 0.466 e. The Kier molecular flexibility index (Phi) is 7.00. The van der Waals surface area contributed by atoms with Gasteiger partial charge in [-0.3, -0.25) is 4.79 Å². The second-order valence-corrected chi connectivity index (χ2v) is 7.48. The van der Waals surface area contributed by atoms with Crippen molar-refractivity contribution in [2.75, 3.05) is 6.61 Å². The van der Waals surface area contributed by atoms with Crippen LogP contribution in [0.15, 0.2) is 24.3 Å². The van der Waals surface area contributed by atoms with Crippen molar-refractivity contribution in [3.05, 3.63) is 64.5 Å². The lowest BCUT2D eigenvalue weighted by Gasteiger charge is -2.28. The van der Waals surface area contributed by atoms with Crippen LogP contribution in [0.2, 0.25) is 0 Å². The van der Waals surface area contributed by atoms with Crippen LogP contribution in [0.3, 0.4) is 0 Å². The van der Waals surface area contributed by atoms with Gasteiger partial charge >= 0.3 is 12.1 Å². The molecule has 32 heavy (non-hydrogen) atoms. The summed E-state index contributed by atoms with van der Waals surface area (Å²) in [5.74, 6) is -10.9. The van der Waals surface area contributed by atoms with Gasteiger partial charge in [0.25, 0.3) is 0 Å². The molecule has 0 amide bonds. The van der Waals surface area contributed by atoms with E-state index in [1.165, 1.54) is 0 Å². The molecule has 2 aromatic carbocycles. The van der Waals surface area contributed by atoms with Gasteiger partial charge in [-0.15, -0.1) is 0 Å². The van der Waals surface area contributed by atoms with E-state index in [2.05, 4.69) is 4.74 Å². The zero-order valence-electron chi connectivity index (χ0n) is 16.9. The molecular weight excluding hydrogens is 445 g/mol. The van der Waals surface area contributed by atoms with E-state index in [1.54, 1.807) is 6.92 Å². The number of halogens is 7. The molecular formula is C22H19F7O3. The van der Waals surface area contributed by atoms with Gasteiger partial charge in [0, 0.05) is 12.1 Å². The van der Waals surface area contributed by atoms with E-state index in [4.69, 9.17) is 4.74 Å². The Morgan fingerprint density at radius 2 is 1.44 bits per heavy atom. The van der Waals surface area contributed by atoms with E-state index in [9.17, 15) is 35.5 Å². The number of carbonyl (C=O) groups excluding carboxylic acids is 1. The fourth-order valence-corrected chi connectivity index (χ4v) is 3.82. The number of benzene rings is 2. The Bertz CT molecular complexity index is 955. The molecule has 0 spiro atoms. The van der Waals surface area contributed by atoms with Crippen molar-refractivity contribution in [2.24, 2.45) is 5.92 Å². The topological polar surface area (TPSA) is 35.5 Å². The molecule has 0 atom stereocenters. The fourth-order valence-electron chi connectivity index (χ4n) is 3.82. The summed E-state index contributed by atoms with van der Waals surface area (Å²) in [5, 5.41) is 0. The zero-order valence-corrected chi connectivity index (χ0v) is 16.9. The van der Waals surface area contributed by atoms with Gasteiger partial charge in [0.15, 0.2) is 17.5 Å². The summed E-state index contributed by atoms with van der Waals surface area (Å²) in [5.41, 5.74) is -1.60. The lowest BCUT2D eigenvalue weighted by molar-refractivity contribution is -0.189. The molecule has 1 aliphatic carbocycles. The van der Waals surface area contributed by atoms with Crippen molar-refractivity contribution >= 4 is 5.97 Å². The summed E-state index contributed by atoms with van der Waals surface area (Å²) >= 11 is 0. The van der Waals surface area contributed by atoms with Crippen LogP contribution in [0, 0.1) is 35.0 Å². The minimum atomic E-state index is -4.63. The average molecular weight is 464 g/mol. The number of hydrogen-bond donors (Lipinski definition) is 0. The average Bonchev–Trinajstić information content (AvgIpc) is 2.71. The molecule has 1 fully saturated rings. The minimum Gasteiger partial charge on any atom is -0.466 e. The first-order valence-electron chi connectivity index (χ1n) is 9.90. The molecule has 2 aromatic rings. The second-order valence-electron chi connectivity index (χ2n) is 7.48. The van der Waals surface area contributed by atoms with Gasteiger partial charge in [-0.25, -0.2) is 22.0 Å². The van der Waals surface area contributed by atoms with E-state index in [0.717, 1.165) is 12.1 Å². The number of ether oxygens (including phenoxy) is 2. The molecule has 174 valence electrons. The Labute approximate surface area is 179 Å². The second kappa shape index (κ2) is 9.38. The lowest BCUT2D eigenvalue weighted by atomic mass is 9.78. The van der Waals surface area contributed by atoms with E-state index in [0.29, 0.717) is 25.7 Å². The Hall–Kier alpha value is -2.78. The summed E-state index contributed by atoms with van der Waals surface area (Å²) < 4.78 is 106. The first kappa shape index (κ1) is 23.9. The first-order valence-corrected chi connectivity index (χ1v) is 9.90. The van der Waals surface area contributed by atoms with Gasteiger partial charge < -0.3 is 9.47 Å². The molecule has 0 saturated heterocycles. The van der Waals surface area contributed by atoms with Gasteiger partial charge in [0.05, 0.1) is 12.5 Å². The summed E-state index contributed by atoms with van der Waals surface area (Å²) in [4.78, 5) is 11.8. The first-order chi connectivity index (χ1) is 15.0. The van der Waals surface area contributed by atoms with Crippen LogP contribution in [0.5, 0.6) is 5.75 Å². The van der Waals surface area contributed by atoms with Gasteiger partial charge in [-0.1, -0.05) is 0 Å². The molecule has 3 rings (SSSR count). The van der Waals surface area contributed by atoms with Gasteiger partial charge in [0.2, 0.25) is 0 Å². The number of esters is 1. The molecule has 1 aliphatic rings. The third kappa shape index (κ3) is 4.99. The van der Waals surface area contributed by atoms with Crippen LogP contribution in [0.25, 0.3) is 0 Å². The number of carbonyl (C=O) groups is 1. The smallest absolute Gasteiger partial charge is 0.432 e. The Morgan fingerprint density at radius 3 is 1.94 bits per heavy atom. The van der Waals surface area contributed by atoms with Crippen LogP contribution in [-0.4, -0.2) is 12.6 Å². The molecule has 0 radical (unpaired) electrons. The number of hydrogen-bond acceptors (Lipinski definition) is 3.